The number of rotatable bonds is 3. The van der Waals surface area contributed by atoms with Crippen molar-refractivity contribution >= 4 is 22.6 Å². The highest BCUT2D eigenvalue weighted by atomic mass is 16.1. The predicted octanol–water partition coefficient (Wildman–Crippen LogP) is 3.13. The maximum Gasteiger partial charge on any atom is 0.195 e. The Balaban J connectivity index is 2.10. The molecule has 0 saturated carbocycles. The van der Waals surface area contributed by atoms with Gasteiger partial charge in [0.05, 0.1) is 19.7 Å². The second-order valence-electron chi connectivity index (χ2n) is 6.21. The summed E-state index contributed by atoms with van der Waals surface area (Å²) in [7, 11) is 4.10. The van der Waals surface area contributed by atoms with Crippen molar-refractivity contribution in [3.63, 3.8) is 0 Å². The quantitative estimate of drug-likeness (QED) is 0.622. The summed E-state index contributed by atoms with van der Waals surface area (Å²) in [6, 6.07) is 12.1. The molecule has 0 unspecified atom stereocenters. The number of likely N-dealkylation sites (N-methyl/N-ethyl adjacent to an activating group) is 1. The first-order valence-electron chi connectivity index (χ1n) is 7.04. The molecule has 0 N–H and O–H groups in total. The zero-order valence-electron chi connectivity index (χ0n) is 12.4. The highest BCUT2D eigenvalue weighted by molar-refractivity contribution is 6.22. The van der Waals surface area contributed by atoms with Gasteiger partial charge in [-0.25, -0.2) is 0 Å². The van der Waals surface area contributed by atoms with Crippen LogP contribution in [0.25, 0.3) is 16.8 Å². The molecule has 3 rings (SSSR count). The lowest BCUT2D eigenvalue weighted by Crippen LogP contribution is -2.42. The van der Waals surface area contributed by atoms with Crippen LogP contribution in [0.15, 0.2) is 42.0 Å². The number of quaternary nitrogens is 1. The number of Topliss-reactive ketones (excluding diaryl/α,β-unsaturated/α-hetero) is 1. The fraction of sp³-hybridized carbons (Fsp3) is 0.211. The zero-order chi connectivity index (χ0) is 15.0. The van der Waals surface area contributed by atoms with Crippen LogP contribution in [0.1, 0.15) is 15.9 Å². The van der Waals surface area contributed by atoms with Crippen LogP contribution in [0.2, 0.25) is 0 Å². The van der Waals surface area contributed by atoms with Crippen LogP contribution in [0, 0.1) is 12.3 Å². The number of hydrogen-bond acceptors (Lipinski definition) is 1. The van der Waals surface area contributed by atoms with E-state index in [1.807, 2.05) is 36.4 Å². The molecule has 1 aliphatic carbocycles. The molecule has 2 aromatic rings. The lowest BCUT2D eigenvalue weighted by Gasteiger charge is -2.29. The van der Waals surface area contributed by atoms with E-state index >= 15 is 0 Å². The van der Waals surface area contributed by atoms with Crippen LogP contribution < -0.4 is 0 Å². The summed E-state index contributed by atoms with van der Waals surface area (Å²) in [6.45, 7) is 1.25. The third kappa shape index (κ3) is 2.37. The second-order valence-corrected chi connectivity index (χ2v) is 6.21. The molecule has 0 aromatic heterocycles. The van der Waals surface area contributed by atoms with Gasteiger partial charge in [-0.2, -0.15) is 0 Å². The first kappa shape index (κ1) is 13.6. The minimum Gasteiger partial charge on any atom is -0.315 e. The third-order valence-corrected chi connectivity index (χ3v) is 3.92. The van der Waals surface area contributed by atoms with Crippen LogP contribution in [0.3, 0.4) is 0 Å². The summed E-state index contributed by atoms with van der Waals surface area (Å²) in [4.78, 5) is 12.8. The molecule has 0 fully saturated rings. The van der Waals surface area contributed by atoms with Crippen molar-refractivity contribution in [2.24, 2.45) is 0 Å². The molecule has 1 aliphatic rings. The molecule has 21 heavy (non-hydrogen) atoms. The van der Waals surface area contributed by atoms with Crippen LogP contribution in [0.4, 0.5) is 0 Å². The van der Waals surface area contributed by atoms with Gasteiger partial charge in [0.25, 0.3) is 0 Å². The van der Waals surface area contributed by atoms with Crippen LogP contribution >= 0.6 is 0 Å². The monoisotopic (exact) mass is 276 g/mol. The Labute approximate surface area is 125 Å². The number of ketones is 1. The highest BCUT2D eigenvalue weighted by Crippen LogP contribution is 2.31. The molecule has 0 bridgehead atoms. The third-order valence-electron chi connectivity index (χ3n) is 3.92. The molecule has 0 heterocycles. The largest absolute Gasteiger partial charge is 0.315 e. The molecule has 0 saturated heterocycles. The lowest BCUT2D eigenvalue weighted by molar-refractivity contribution is -0.877. The normalized spacial score (nSPS) is 14.0. The number of terminal acetylenes is 1. The van der Waals surface area contributed by atoms with Crippen LogP contribution in [-0.4, -0.2) is 37.5 Å². The molecule has 2 aromatic carbocycles. The van der Waals surface area contributed by atoms with Crippen molar-refractivity contribution in [1.82, 2.24) is 0 Å². The minimum absolute atomic E-state index is 0.127. The summed E-state index contributed by atoms with van der Waals surface area (Å²) in [5.41, 5.74) is 2.76. The predicted molar refractivity (Wildman–Crippen MR) is 86.9 cm³/mol. The summed E-state index contributed by atoms with van der Waals surface area (Å²) >= 11 is 0. The van der Waals surface area contributed by atoms with Gasteiger partial charge in [0.1, 0.15) is 13.1 Å². The van der Waals surface area contributed by atoms with Crippen LogP contribution in [-0.2, 0) is 0 Å². The van der Waals surface area contributed by atoms with E-state index in [1.165, 1.54) is 0 Å². The van der Waals surface area contributed by atoms with Gasteiger partial charge in [0, 0.05) is 10.9 Å². The minimum atomic E-state index is 0.127. The van der Waals surface area contributed by atoms with E-state index in [1.54, 1.807) is 0 Å². The Morgan fingerprint density at radius 3 is 2.57 bits per heavy atom. The van der Waals surface area contributed by atoms with E-state index in [4.69, 9.17) is 6.42 Å². The molecule has 0 aliphatic heterocycles. The van der Waals surface area contributed by atoms with E-state index in [0.717, 1.165) is 27.5 Å². The van der Waals surface area contributed by atoms with Gasteiger partial charge in [0.2, 0.25) is 0 Å². The van der Waals surface area contributed by atoms with Crippen molar-refractivity contribution in [3.8, 4) is 12.3 Å². The Hall–Kier alpha value is -2.37. The average molecular weight is 276 g/mol. The Kier molecular flexibility index (Phi) is 3.16. The van der Waals surface area contributed by atoms with E-state index < -0.39 is 0 Å². The summed E-state index contributed by atoms with van der Waals surface area (Å²) in [6.07, 6.45) is 7.44. The first-order valence-corrected chi connectivity index (χ1v) is 7.04. The zero-order valence-corrected chi connectivity index (χ0v) is 12.4. The topological polar surface area (TPSA) is 17.1 Å². The van der Waals surface area contributed by atoms with E-state index in [2.05, 4.69) is 26.1 Å². The smallest absolute Gasteiger partial charge is 0.195 e. The number of nitrogens with zero attached hydrogens (tertiary/aromatic N) is 1. The van der Waals surface area contributed by atoms with E-state index in [9.17, 15) is 4.79 Å². The van der Waals surface area contributed by atoms with E-state index in [0.29, 0.717) is 17.6 Å². The van der Waals surface area contributed by atoms with Gasteiger partial charge in [0.15, 0.2) is 5.78 Å². The molecular formula is C19H18NO+. The number of hydrogen-bond donors (Lipinski definition) is 0. The molecule has 2 nitrogen and oxygen atoms in total. The lowest BCUT2D eigenvalue weighted by atomic mass is 9.87. The SMILES string of the molecule is C#CC[N+](C)(C)CC1=Cc2cccc3cccc(c23)C1=O. The molecule has 0 atom stereocenters. The van der Waals surface area contributed by atoms with Crippen molar-refractivity contribution in [3.05, 3.63) is 53.1 Å². The standard InChI is InChI=1S/C19H18NO/c1-4-11-20(2,3)13-16-12-15-9-5-7-14-8-6-10-17(18(14)15)19(16)21/h1,5-10,12H,11,13H2,2-3H3/q+1. The number of carbonyl (C=O) groups is 1. The fourth-order valence-corrected chi connectivity index (χ4v) is 2.99. The summed E-state index contributed by atoms with van der Waals surface area (Å²) in [5.74, 6) is 2.81. The highest BCUT2D eigenvalue weighted by Gasteiger charge is 2.26. The van der Waals surface area contributed by atoms with Crippen molar-refractivity contribution in [2.75, 3.05) is 27.2 Å². The average Bonchev–Trinajstić information content (AvgIpc) is 2.44. The van der Waals surface area contributed by atoms with Crippen molar-refractivity contribution < 1.29 is 9.28 Å². The second kappa shape index (κ2) is 4.87. The van der Waals surface area contributed by atoms with Gasteiger partial charge < -0.3 is 4.48 Å². The number of benzene rings is 2. The van der Waals surface area contributed by atoms with Gasteiger partial charge >= 0.3 is 0 Å². The summed E-state index contributed by atoms with van der Waals surface area (Å²) < 4.78 is 0.617. The Morgan fingerprint density at radius 2 is 1.86 bits per heavy atom. The molecule has 0 radical (unpaired) electrons. The van der Waals surface area contributed by atoms with Crippen molar-refractivity contribution in [1.29, 1.82) is 0 Å². The number of carbonyl (C=O) groups excluding carboxylic acids is 1. The first-order chi connectivity index (χ1) is 10.0. The van der Waals surface area contributed by atoms with Gasteiger partial charge in [-0.15, -0.1) is 6.42 Å². The van der Waals surface area contributed by atoms with Gasteiger partial charge in [-0.05, 0) is 22.9 Å². The van der Waals surface area contributed by atoms with Crippen LogP contribution in [0.5, 0.6) is 0 Å². The Morgan fingerprint density at radius 1 is 1.14 bits per heavy atom. The maximum absolute atomic E-state index is 12.8. The van der Waals surface area contributed by atoms with Crippen molar-refractivity contribution in [2.45, 2.75) is 0 Å². The molecule has 0 amide bonds. The fourth-order valence-electron chi connectivity index (χ4n) is 2.99. The molecule has 0 spiro atoms. The Bertz CT molecular complexity index is 801. The molecular weight excluding hydrogens is 258 g/mol. The van der Waals surface area contributed by atoms with Gasteiger partial charge in [-0.3, -0.25) is 4.79 Å². The molecule has 104 valence electrons. The van der Waals surface area contributed by atoms with E-state index in [-0.39, 0.29) is 5.78 Å². The molecule has 2 heteroatoms. The maximum atomic E-state index is 12.8. The summed E-state index contributed by atoms with van der Waals surface area (Å²) in [5, 5.41) is 2.18. The van der Waals surface area contributed by atoms with Gasteiger partial charge in [-0.1, -0.05) is 36.4 Å².